The second-order valence-electron chi connectivity index (χ2n) is 4.23. The molecule has 1 aliphatic carbocycles. The van der Waals surface area contributed by atoms with E-state index < -0.39 is 5.41 Å². The third-order valence-corrected chi connectivity index (χ3v) is 3.30. The SMILES string of the molecule is C=CCC1(C(=O)OC)CCC(C(=O)OC)C1. The number of hydrogen-bond donors (Lipinski definition) is 0. The Bertz CT molecular complexity index is 297. The van der Waals surface area contributed by atoms with E-state index in [1.807, 2.05) is 0 Å². The predicted octanol–water partition coefficient (Wildman–Crippen LogP) is 1.70. The molecule has 2 atom stereocenters. The molecule has 0 aliphatic heterocycles. The number of hydrogen-bond acceptors (Lipinski definition) is 4. The van der Waals surface area contributed by atoms with Gasteiger partial charge < -0.3 is 9.47 Å². The summed E-state index contributed by atoms with van der Waals surface area (Å²) < 4.78 is 9.52. The van der Waals surface area contributed by atoms with Crippen molar-refractivity contribution in [3.05, 3.63) is 12.7 Å². The van der Waals surface area contributed by atoms with Crippen molar-refractivity contribution in [2.45, 2.75) is 25.7 Å². The molecule has 0 aromatic carbocycles. The molecule has 4 heteroatoms. The molecule has 0 aromatic rings. The largest absolute Gasteiger partial charge is 0.469 e. The van der Waals surface area contributed by atoms with Gasteiger partial charge in [0.05, 0.1) is 25.6 Å². The van der Waals surface area contributed by atoms with Crippen LogP contribution in [-0.4, -0.2) is 26.2 Å². The van der Waals surface area contributed by atoms with E-state index in [0.717, 1.165) is 0 Å². The van der Waals surface area contributed by atoms with Crippen LogP contribution in [0.2, 0.25) is 0 Å². The second-order valence-corrected chi connectivity index (χ2v) is 4.23. The fraction of sp³-hybridized carbons (Fsp3) is 0.667. The Labute approximate surface area is 95.6 Å². The van der Waals surface area contributed by atoms with Crippen LogP contribution in [0.1, 0.15) is 25.7 Å². The summed E-state index contributed by atoms with van der Waals surface area (Å²) >= 11 is 0. The molecule has 0 saturated heterocycles. The first-order valence-corrected chi connectivity index (χ1v) is 5.37. The summed E-state index contributed by atoms with van der Waals surface area (Å²) in [5.41, 5.74) is -0.574. The maximum Gasteiger partial charge on any atom is 0.312 e. The molecule has 1 fully saturated rings. The van der Waals surface area contributed by atoms with E-state index in [0.29, 0.717) is 25.7 Å². The Morgan fingerprint density at radius 1 is 1.44 bits per heavy atom. The van der Waals surface area contributed by atoms with Crippen LogP contribution >= 0.6 is 0 Å². The van der Waals surface area contributed by atoms with Crippen LogP contribution in [0.5, 0.6) is 0 Å². The van der Waals surface area contributed by atoms with Gasteiger partial charge in [-0.05, 0) is 25.7 Å². The van der Waals surface area contributed by atoms with Crippen molar-refractivity contribution in [3.63, 3.8) is 0 Å². The van der Waals surface area contributed by atoms with Gasteiger partial charge >= 0.3 is 11.9 Å². The van der Waals surface area contributed by atoms with Gasteiger partial charge in [-0.3, -0.25) is 9.59 Å². The van der Waals surface area contributed by atoms with Crippen molar-refractivity contribution < 1.29 is 19.1 Å². The van der Waals surface area contributed by atoms with Crippen LogP contribution in [0.4, 0.5) is 0 Å². The van der Waals surface area contributed by atoms with Gasteiger partial charge in [0.1, 0.15) is 0 Å². The third kappa shape index (κ3) is 2.26. The highest BCUT2D eigenvalue weighted by molar-refractivity contribution is 5.80. The number of esters is 2. The molecule has 0 amide bonds. The monoisotopic (exact) mass is 226 g/mol. The van der Waals surface area contributed by atoms with Gasteiger partial charge in [-0.1, -0.05) is 6.08 Å². The molecular weight excluding hydrogens is 208 g/mol. The van der Waals surface area contributed by atoms with Crippen LogP contribution in [-0.2, 0) is 19.1 Å². The van der Waals surface area contributed by atoms with Crippen LogP contribution in [0.3, 0.4) is 0 Å². The summed E-state index contributed by atoms with van der Waals surface area (Å²) in [5, 5.41) is 0. The van der Waals surface area contributed by atoms with Gasteiger partial charge in [0.2, 0.25) is 0 Å². The number of rotatable bonds is 4. The van der Waals surface area contributed by atoms with Gasteiger partial charge in [-0.2, -0.15) is 0 Å². The van der Waals surface area contributed by atoms with Gasteiger partial charge in [0.25, 0.3) is 0 Å². The molecule has 0 spiro atoms. The van der Waals surface area contributed by atoms with Gasteiger partial charge in [0.15, 0.2) is 0 Å². The Morgan fingerprint density at radius 2 is 2.12 bits per heavy atom. The van der Waals surface area contributed by atoms with Crippen LogP contribution in [0, 0.1) is 11.3 Å². The third-order valence-electron chi connectivity index (χ3n) is 3.30. The number of methoxy groups -OCH3 is 2. The molecule has 1 aliphatic rings. The smallest absolute Gasteiger partial charge is 0.312 e. The normalized spacial score (nSPS) is 28.5. The minimum Gasteiger partial charge on any atom is -0.469 e. The molecule has 0 radical (unpaired) electrons. The van der Waals surface area contributed by atoms with Crippen molar-refractivity contribution in [3.8, 4) is 0 Å². The molecule has 2 unspecified atom stereocenters. The van der Waals surface area contributed by atoms with E-state index >= 15 is 0 Å². The summed E-state index contributed by atoms with van der Waals surface area (Å²) in [6.07, 6.45) is 4.09. The van der Waals surface area contributed by atoms with Crippen LogP contribution in [0.25, 0.3) is 0 Å². The highest BCUT2D eigenvalue weighted by Gasteiger charge is 2.47. The van der Waals surface area contributed by atoms with Gasteiger partial charge in [0, 0.05) is 0 Å². The van der Waals surface area contributed by atoms with Gasteiger partial charge in [-0.15, -0.1) is 6.58 Å². The fourth-order valence-corrected chi connectivity index (χ4v) is 2.44. The molecule has 4 nitrogen and oxygen atoms in total. The van der Waals surface area contributed by atoms with Crippen molar-refractivity contribution in [1.29, 1.82) is 0 Å². The topological polar surface area (TPSA) is 52.6 Å². The zero-order chi connectivity index (χ0) is 12.2. The van der Waals surface area contributed by atoms with E-state index in [2.05, 4.69) is 6.58 Å². The minimum absolute atomic E-state index is 0.191. The lowest BCUT2D eigenvalue weighted by Gasteiger charge is -2.24. The van der Waals surface area contributed by atoms with E-state index in [9.17, 15) is 9.59 Å². The van der Waals surface area contributed by atoms with Crippen LogP contribution < -0.4 is 0 Å². The molecule has 0 heterocycles. The van der Waals surface area contributed by atoms with Gasteiger partial charge in [-0.25, -0.2) is 0 Å². The van der Waals surface area contributed by atoms with E-state index in [1.165, 1.54) is 14.2 Å². The second kappa shape index (κ2) is 5.14. The number of carbonyl (C=O) groups excluding carboxylic acids is 2. The first-order chi connectivity index (χ1) is 7.59. The lowest BCUT2D eigenvalue weighted by Crippen LogP contribution is -2.30. The summed E-state index contributed by atoms with van der Waals surface area (Å²) in [7, 11) is 2.74. The van der Waals surface area contributed by atoms with Crippen molar-refractivity contribution in [1.82, 2.24) is 0 Å². The lowest BCUT2D eigenvalue weighted by molar-refractivity contribution is -0.153. The summed E-state index contributed by atoms with van der Waals surface area (Å²) in [4.78, 5) is 23.2. The summed E-state index contributed by atoms with van der Waals surface area (Å²) in [6, 6.07) is 0. The van der Waals surface area contributed by atoms with Crippen molar-refractivity contribution in [2.24, 2.45) is 11.3 Å². The molecule has 90 valence electrons. The highest BCUT2D eigenvalue weighted by Crippen LogP contribution is 2.45. The first-order valence-electron chi connectivity index (χ1n) is 5.37. The fourth-order valence-electron chi connectivity index (χ4n) is 2.44. The Balaban J connectivity index is 2.79. The number of carbonyl (C=O) groups is 2. The molecule has 1 rings (SSSR count). The zero-order valence-corrected chi connectivity index (χ0v) is 9.82. The lowest BCUT2D eigenvalue weighted by atomic mass is 9.82. The zero-order valence-electron chi connectivity index (χ0n) is 9.82. The number of ether oxygens (including phenoxy) is 2. The standard InChI is InChI=1S/C12H18O4/c1-4-6-12(11(14)16-3)7-5-9(8-12)10(13)15-2/h4,9H,1,5-8H2,2-3H3. The first kappa shape index (κ1) is 12.7. The van der Waals surface area contributed by atoms with Crippen molar-refractivity contribution >= 4 is 11.9 Å². The predicted molar refractivity (Wildman–Crippen MR) is 58.6 cm³/mol. The average Bonchev–Trinajstić information content (AvgIpc) is 2.73. The molecule has 1 saturated carbocycles. The summed E-state index contributed by atoms with van der Waals surface area (Å²) in [6.45, 7) is 3.65. The van der Waals surface area contributed by atoms with Crippen molar-refractivity contribution in [2.75, 3.05) is 14.2 Å². The maximum atomic E-state index is 11.8. The number of allylic oxidation sites excluding steroid dienone is 1. The Morgan fingerprint density at radius 3 is 2.62 bits per heavy atom. The highest BCUT2D eigenvalue weighted by atomic mass is 16.5. The quantitative estimate of drug-likeness (QED) is 0.540. The maximum absolute atomic E-state index is 11.8. The van der Waals surface area contributed by atoms with E-state index in [1.54, 1.807) is 6.08 Å². The summed E-state index contributed by atoms with van der Waals surface area (Å²) in [5.74, 6) is -0.683. The molecule has 16 heavy (non-hydrogen) atoms. The van der Waals surface area contributed by atoms with E-state index in [4.69, 9.17) is 9.47 Å². The molecular formula is C12H18O4. The minimum atomic E-state index is -0.574. The Hall–Kier alpha value is -1.32. The Kier molecular flexibility index (Phi) is 4.10. The molecule has 0 bridgehead atoms. The molecule has 0 N–H and O–H groups in total. The van der Waals surface area contributed by atoms with Crippen LogP contribution in [0.15, 0.2) is 12.7 Å². The van der Waals surface area contributed by atoms with E-state index in [-0.39, 0.29) is 17.9 Å². The average molecular weight is 226 g/mol. The molecule has 0 aromatic heterocycles.